The molecule has 0 radical (unpaired) electrons. The number of rotatable bonds is 7. The summed E-state index contributed by atoms with van der Waals surface area (Å²) in [5.74, 6) is -0.833. The van der Waals surface area contributed by atoms with Crippen molar-refractivity contribution in [3.05, 3.63) is 17.7 Å². The van der Waals surface area contributed by atoms with Gasteiger partial charge in [-0.3, -0.25) is 9.59 Å². The van der Waals surface area contributed by atoms with Crippen LogP contribution in [-0.4, -0.2) is 44.7 Å². The van der Waals surface area contributed by atoms with Crippen molar-refractivity contribution < 1.29 is 28.6 Å². The van der Waals surface area contributed by atoms with Crippen LogP contribution in [0.15, 0.2) is 12.1 Å². The van der Waals surface area contributed by atoms with Crippen LogP contribution in [0.25, 0.3) is 0 Å². The number of hydrogen-bond donors (Lipinski definition) is 2. The Hall–Kier alpha value is -2.77. The van der Waals surface area contributed by atoms with E-state index in [-0.39, 0.29) is 23.2 Å². The second-order valence-corrected chi connectivity index (χ2v) is 7.26. The Balaban J connectivity index is 3.15. The molecule has 0 saturated carbocycles. The predicted octanol–water partition coefficient (Wildman–Crippen LogP) is 2.37. The number of methoxy groups -OCH3 is 2. The number of esters is 1. The van der Waals surface area contributed by atoms with Crippen molar-refractivity contribution in [2.24, 2.45) is 5.41 Å². The highest BCUT2D eigenvalue weighted by Gasteiger charge is 2.25. The molecule has 1 aromatic carbocycles. The van der Waals surface area contributed by atoms with E-state index >= 15 is 0 Å². The van der Waals surface area contributed by atoms with Crippen LogP contribution in [0.1, 0.15) is 45.0 Å². The maximum Gasteiger partial charge on any atom is 0.340 e. The first-order chi connectivity index (χ1) is 12.5. The minimum atomic E-state index is -0.765. The SMILES string of the molecule is COc1cc(NC(=O)C(C)(C)C)c(C(=O)OCC(=O)NC(C)C)cc1OC. The van der Waals surface area contributed by atoms with Crippen molar-refractivity contribution in [1.29, 1.82) is 0 Å². The summed E-state index contributed by atoms with van der Waals surface area (Å²) in [5.41, 5.74) is -0.407. The molecule has 8 heteroatoms. The fourth-order valence-electron chi connectivity index (χ4n) is 2.03. The Morgan fingerprint density at radius 1 is 1.04 bits per heavy atom. The number of ether oxygens (including phenoxy) is 3. The van der Waals surface area contributed by atoms with Gasteiger partial charge in [0.1, 0.15) is 0 Å². The average Bonchev–Trinajstić information content (AvgIpc) is 2.57. The van der Waals surface area contributed by atoms with Gasteiger partial charge in [0.05, 0.1) is 25.5 Å². The molecule has 0 fully saturated rings. The molecule has 1 rings (SSSR count). The van der Waals surface area contributed by atoms with Crippen LogP contribution in [-0.2, 0) is 14.3 Å². The van der Waals surface area contributed by atoms with Gasteiger partial charge in [-0.1, -0.05) is 20.8 Å². The molecule has 1 aromatic rings. The van der Waals surface area contributed by atoms with Crippen LogP contribution >= 0.6 is 0 Å². The molecule has 0 aliphatic rings. The van der Waals surface area contributed by atoms with E-state index in [9.17, 15) is 14.4 Å². The highest BCUT2D eigenvalue weighted by atomic mass is 16.5. The summed E-state index contributed by atoms with van der Waals surface area (Å²) in [5, 5.41) is 5.33. The molecule has 0 aromatic heterocycles. The van der Waals surface area contributed by atoms with Crippen molar-refractivity contribution in [3.63, 3.8) is 0 Å². The molecule has 2 N–H and O–H groups in total. The largest absolute Gasteiger partial charge is 0.493 e. The standard InChI is InChI=1S/C19H28N2O6/c1-11(2)20-16(22)10-27-17(23)12-8-14(25-6)15(26-7)9-13(12)21-18(24)19(3,4)5/h8-9,11H,10H2,1-7H3,(H,20,22)(H,21,24). The van der Waals surface area contributed by atoms with Gasteiger partial charge in [-0.2, -0.15) is 0 Å². The molecule has 0 saturated heterocycles. The molecule has 0 aliphatic heterocycles. The topological polar surface area (TPSA) is 103 Å². The average molecular weight is 380 g/mol. The Labute approximate surface area is 159 Å². The Morgan fingerprint density at radius 2 is 1.59 bits per heavy atom. The molecule has 0 unspecified atom stereocenters. The van der Waals surface area contributed by atoms with Crippen LogP contribution in [0.2, 0.25) is 0 Å². The second kappa shape index (κ2) is 9.25. The number of anilines is 1. The smallest absolute Gasteiger partial charge is 0.340 e. The predicted molar refractivity (Wildman–Crippen MR) is 101 cm³/mol. The molecule has 27 heavy (non-hydrogen) atoms. The Morgan fingerprint density at radius 3 is 2.07 bits per heavy atom. The van der Waals surface area contributed by atoms with E-state index in [0.29, 0.717) is 11.5 Å². The van der Waals surface area contributed by atoms with E-state index < -0.39 is 23.9 Å². The van der Waals surface area contributed by atoms with Gasteiger partial charge in [-0.15, -0.1) is 0 Å². The number of hydrogen-bond acceptors (Lipinski definition) is 6. The normalized spacial score (nSPS) is 11.0. The monoisotopic (exact) mass is 380 g/mol. The number of amides is 2. The maximum atomic E-state index is 12.5. The first kappa shape index (κ1) is 22.3. The first-order valence-corrected chi connectivity index (χ1v) is 8.53. The zero-order valence-electron chi connectivity index (χ0n) is 16.9. The third-order valence-corrected chi connectivity index (χ3v) is 3.46. The van der Waals surface area contributed by atoms with Gasteiger partial charge in [-0.25, -0.2) is 4.79 Å². The maximum absolute atomic E-state index is 12.5. The van der Waals surface area contributed by atoms with Gasteiger partial charge in [0, 0.05) is 23.6 Å². The molecule has 0 atom stereocenters. The van der Waals surface area contributed by atoms with Gasteiger partial charge in [0.15, 0.2) is 18.1 Å². The molecular weight excluding hydrogens is 352 g/mol. The van der Waals surface area contributed by atoms with E-state index in [0.717, 1.165) is 0 Å². The number of carbonyl (C=O) groups is 3. The summed E-state index contributed by atoms with van der Waals surface area (Å²) in [4.78, 5) is 36.6. The molecule has 150 valence electrons. The molecule has 0 heterocycles. The second-order valence-electron chi connectivity index (χ2n) is 7.26. The van der Waals surface area contributed by atoms with Crippen molar-refractivity contribution in [3.8, 4) is 11.5 Å². The number of benzene rings is 1. The molecule has 2 amide bonds. The van der Waals surface area contributed by atoms with Crippen molar-refractivity contribution in [2.75, 3.05) is 26.1 Å². The quantitative estimate of drug-likeness (QED) is 0.704. The Bertz CT molecular complexity index is 707. The number of carbonyl (C=O) groups excluding carboxylic acids is 3. The third kappa shape index (κ3) is 6.47. The first-order valence-electron chi connectivity index (χ1n) is 8.53. The van der Waals surface area contributed by atoms with E-state index in [1.165, 1.54) is 26.4 Å². The summed E-state index contributed by atoms with van der Waals surface area (Å²) in [7, 11) is 2.87. The summed E-state index contributed by atoms with van der Waals surface area (Å²) in [6.45, 7) is 8.41. The van der Waals surface area contributed by atoms with Gasteiger partial charge in [0.25, 0.3) is 5.91 Å². The lowest BCUT2D eigenvalue weighted by molar-refractivity contribution is -0.125. The van der Waals surface area contributed by atoms with Crippen LogP contribution in [0.5, 0.6) is 11.5 Å². The van der Waals surface area contributed by atoms with E-state index in [4.69, 9.17) is 14.2 Å². The van der Waals surface area contributed by atoms with Crippen molar-refractivity contribution in [1.82, 2.24) is 5.32 Å². The highest BCUT2D eigenvalue weighted by Crippen LogP contribution is 2.34. The molecule has 0 aliphatic carbocycles. The number of nitrogens with one attached hydrogen (secondary N) is 2. The van der Waals surface area contributed by atoms with E-state index in [2.05, 4.69) is 10.6 Å². The third-order valence-electron chi connectivity index (χ3n) is 3.46. The highest BCUT2D eigenvalue weighted by molar-refractivity contribution is 6.03. The summed E-state index contributed by atoms with van der Waals surface area (Å²) < 4.78 is 15.5. The Kier molecular flexibility index (Phi) is 7.63. The fraction of sp³-hybridized carbons (Fsp3) is 0.526. The summed E-state index contributed by atoms with van der Waals surface area (Å²) >= 11 is 0. The molecule has 8 nitrogen and oxygen atoms in total. The van der Waals surface area contributed by atoms with Crippen LogP contribution < -0.4 is 20.1 Å². The molecule has 0 spiro atoms. The minimum Gasteiger partial charge on any atom is -0.493 e. The van der Waals surface area contributed by atoms with Crippen molar-refractivity contribution >= 4 is 23.5 Å². The lowest BCUT2D eigenvalue weighted by Gasteiger charge is -2.20. The lowest BCUT2D eigenvalue weighted by atomic mass is 9.95. The minimum absolute atomic E-state index is 0.0580. The van der Waals surface area contributed by atoms with E-state index in [1.807, 2.05) is 0 Å². The molecule has 0 bridgehead atoms. The lowest BCUT2D eigenvalue weighted by Crippen LogP contribution is -2.34. The van der Waals surface area contributed by atoms with Gasteiger partial charge in [0.2, 0.25) is 5.91 Å². The zero-order chi connectivity index (χ0) is 20.8. The molecular formula is C19H28N2O6. The fourth-order valence-corrected chi connectivity index (χ4v) is 2.03. The van der Waals surface area contributed by atoms with Crippen LogP contribution in [0.4, 0.5) is 5.69 Å². The summed E-state index contributed by atoms with van der Waals surface area (Å²) in [6.07, 6.45) is 0. The zero-order valence-corrected chi connectivity index (χ0v) is 16.9. The van der Waals surface area contributed by atoms with E-state index in [1.54, 1.807) is 34.6 Å². The van der Waals surface area contributed by atoms with Crippen LogP contribution in [0.3, 0.4) is 0 Å². The van der Waals surface area contributed by atoms with Crippen LogP contribution in [0, 0.1) is 5.41 Å². The van der Waals surface area contributed by atoms with Gasteiger partial charge < -0.3 is 24.8 Å². The van der Waals surface area contributed by atoms with Gasteiger partial charge in [-0.05, 0) is 13.8 Å². The summed E-state index contributed by atoms with van der Waals surface area (Å²) in [6, 6.07) is 2.81. The van der Waals surface area contributed by atoms with Gasteiger partial charge >= 0.3 is 5.97 Å². The van der Waals surface area contributed by atoms with Crippen molar-refractivity contribution in [2.45, 2.75) is 40.7 Å².